The summed E-state index contributed by atoms with van der Waals surface area (Å²) in [5.41, 5.74) is 11.4. The van der Waals surface area contributed by atoms with Crippen molar-refractivity contribution in [2.75, 3.05) is 38.6 Å². The summed E-state index contributed by atoms with van der Waals surface area (Å²) in [5.74, 6) is -0.482. The van der Waals surface area contributed by atoms with Crippen LogP contribution in [0.2, 0.25) is 0 Å². The van der Waals surface area contributed by atoms with Crippen LogP contribution in [0, 0.1) is 5.92 Å². The van der Waals surface area contributed by atoms with E-state index in [4.69, 9.17) is 10.5 Å². The minimum atomic E-state index is -0.284. The normalized spacial score (nSPS) is 17.7. The van der Waals surface area contributed by atoms with Crippen LogP contribution in [0.15, 0.2) is 83.4 Å². The molecule has 2 atom stereocenters. The topological polar surface area (TPSA) is 117 Å². The number of nitrogens with two attached hydrogens (primary N) is 1. The maximum Gasteiger partial charge on any atom is 0.310 e. The molecule has 0 bridgehead atoms. The second-order valence-corrected chi connectivity index (χ2v) is 12.0. The highest BCUT2D eigenvalue weighted by Crippen LogP contribution is 2.35. The molecule has 1 saturated heterocycles. The molecule has 2 aliphatic heterocycles. The number of aliphatic imine (C=N–C) groups is 1. The molecule has 2 heterocycles. The number of carbonyl (C=O) groups excluding carboxylic acids is 3. The highest BCUT2D eigenvalue weighted by molar-refractivity contribution is 6.08. The lowest BCUT2D eigenvalue weighted by Crippen LogP contribution is -2.34. The lowest BCUT2D eigenvalue weighted by atomic mass is 9.89. The predicted molar refractivity (Wildman–Crippen MR) is 182 cm³/mol. The number of amides is 2. The Labute approximate surface area is 271 Å². The van der Waals surface area contributed by atoms with E-state index in [1.165, 1.54) is 12.7 Å². The molecule has 0 radical (unpaired) electrons. The van der Waals surface area contributed by atoms with Gasteiger partial charge in [-0.15, -0.1) is 0 Å². The van der Waals surface area contributed by atoms with E-state index in [1.807, 2.05) is 53.4 Å². The number of likely N-dealkylation sites (tertiary alicyclic amines) is 1. The van der Waals surface area contributed by atoms with Crippen molar-refractivity contribution in [3.63, 3.8) is 0 Å². The molecule has 2 aliphatic rings. The fourth-order valence-electron chi connectivity index (χ4n) is 6.33. The molecule has 2 amide bonds. The maximum atomic E-state index is 13.3. The molecule has 3 aromatic rings. The van der Waals surface area contributed by atoms with Crippen LogP contribution in [-0.4, -0.2) is 66.7 Å². The summed E-state index contributed by atoms with van der Waals surface area (Å²) in [5, 5.41) is 2.97. The van der Waals surface area contributed by atoms with Crippen molar-refractivity contribution in [2.24, 2.45) is 16.6 Å². The first-order valence-electron chi connectivity index (χ1n) is 16.0. The van der Waals surface area contributed by atoms with Crippen LogP contribution in [0.3, 0.4) is 0 Å². The molecule has 0 saturated carbocycles. The summed E-state index contributed by atoms with van der Waals surface area (Å²) in [6.07, 6.45) is 3.85. The van der Waals surface area contributed by atoms with Crippen molar-refractivity contribution in [2.45, 2.75) is 45.6 Å². The van der Waals surface area contributed by atoms with Gasteiger partial charge in [0.15, 0.2) is 0 Å². The van der Waals surface area contributed by atoms with Crippen LogP contribution < -0.4 is 11.1 Å². The SMILES string of the molecule is CCCN(CCC)C(=O)C1=Cc2ccc(C(=O)Nc3ccc(C4CN(Cc5ccccc5)CC4C(=O)OC)cc3)cc2N=C(N)C1. The summed E-state index contributed by atoms with van der Waals surface area (Å²) in [7, 11) is 1.43. The van der Waals surface area contributed by atoms with Gasteiger partial charge in [-0.1, -0.05) is 62.4 Å². The van der Waals surface area contributed by atoms with Crippen LogP contribution in [0.1, 0.15) is 66.1 Å². The third-order valence-corrected chi connectivity index (χ3v) is 8.55. The molecule has 1 fully saturated rings. The number of benzene rings is 3. The van der Waals surface area contributed by atoms with Crippen LogP contribution in [0.25, 0.3) is 6.08 Å². The smallest absolute Gasteiger partial charge is 0.310 e. The van der Waals surface area contributed by atoms with Gasteiger partial charge in [0.1, 0.15) is 5.84 Å². The van der Waals surface area contributed by atoms with Gasteiger partial charge in [0.2, 0.25) is 5.91 Å². The number of nitrogens with one attached hydrogen (secondary N) is 1. The molecule has 0 aliphatic carbocycles. The minimum Gasteiger partial charge on any atom is -0.469 e. The highest BCUT2D eigenvalue weighted by Gasteiger charge is 2.39. The zero-order valence-corrected chi connectivity index (χ0v) is 26.9. The second-order valence-electron chi connectivity index (χ2n) is 12.0. The van der Waals surface area contributed by atoms with Crippen LogP contribution in [0.4, 0.5) is 11.4 Å². The van der Waals surface area contributed by atoms with Crippen molar-refractivity contribution >= 4 is 41.1 Å². The third kappa shape index (κ3) is 7.72. The molecule has 9 nitrogen and oxygen atoms in total. The molecule has 3 N–H and O–H groups in total. The van der Waals surface area contributed by atoms with Crippen LogP contribution >= 0.6 is 0 Å². The average molecular weight is 622 g/mol. The van der Waals surface area contributed by atoms with Crippen LogP contribution in [0.5, 0.6) is 0 Å². The van der Waals surface area contributed by atoms with Crippen molar-refractivity contribution in [3.05, 3.63) is 101 Å². The Morgan fingerprint density at radius 3 is 2.37 bits per heavy atom. The number of rotatable bonds is 11. The summed E-state index contributed by atoms with van der Waals surface area (Å²) in [6.45, 7) is 7.60. The quantitative estimate of drug-likeness (QED) is 0.263. The summed E-state index contributed by atoms with van der Waals surface area (Å²) < 4.78 is 5.15. The molecule has 5 rings (SSSR count). The number of esters is 1. The van der Waals surface area contributed by atoms with Crippen molar-refractivity contribution in [3.8, 4) is 0 Å². The summed E-state index contributed by atoms with van der Waals surface area (Å²) >= 11 is 0. The van der Waals surface area contributed by atoms with E-state index in [-0.39, 0.29) is 36.0 Å². The van der Waals surface area contributed by atoms with Gasteiger partial charge in [-0.3, -0.25) is 19.3 Å². The molecule has 46 heavy (non-hydrogen) atoms. The molecule has 0 aromatic heterocycles. The van der Waals surface area contributed by atoms with Crippen molar-refractivity contribution < 1.29 is 19.1 Å². The van der Waals surface area contributed by atoms with E-state index in [1.54, 1.807) is 18.2 Å². The van der Waals surface area contributed by atoms with Gasteiger partial charge in [-0.05, 0) is 54.3 Å². The van der Waals surface area contributed by atoms with E-state index in [0.717, 1.165) is 37.1 Å². The van der Waals surface area contributed by atoms with Gasteiger partial charge in [-0.25, -0.2) is 4.99 Å². The number of fused-ring (bicyclic) bond motifs is 1. The average Bonchev–Trinajstić information content (AvgIpc) is 3.40. The minimum absolute atomic E-state index is 0.0188. The Hall–Kier alpha value is -4.76. The number of anilines is 1. The van der Waals surface area contributed by atoms with Gasteiger partial charge >= 0.3 is 5.97 Å². The van der Waals surface area contributed by atoms with Gasteiger partial charge in [-0.2, -0.15) is 0 Å². The lowest BCUT2D eigenvalue weighted by molar-refractivity contribution is -0.145. The summed E-state index contributed by atoms with van der Waals surface area (Å²) in [4.78, 5) is 47.9. The molecule has 0 spiro atoms. The standard InChI is InChI=1S/C37H43N5O4/c1-4-17-42(18-5-2)36(44)29-19-27-11-12-28(20-33(27)40-34(38)21-29)35(43)39-30-15-13-26(14-16-30)31-23-41(24-32(31)37(45)46-3)22-25-9-7-6-8-10-25/h6-16,19-20,31-32H,4-5,17-18,21-24H2,1-3H3,(H2,38,40)(H,39,43). The van der Waals surface area contributed by atoms with Gasteiger partial charge < -0.3 is 20.7 Å². The van der Waals surface area contributed by atoms with E-state index in [0.29, 0.717) is 48.0 Å². The first kappa shape index (κ1) is 32.6. The second kappa shape index (κ2) is 15.0. The zero-order chi connectivity index (χ0) is 32.6. The third-order valence-electron chi connectivity index (χ3n) is 8.55. The number of amidine groups is 1. The van der Waals surface area contributed by atoms with Crippen molar-refractivity contribution in [1.82, 2.24) is 9.80 Å². The number of ether oxygens (including phenoxy) is 1. The van der Waals surface area contributed by atoms with Gasteiger partial charge in [0.25, 0.3) is 5.91 Å². The van der Waals surface area contributed by atoms with Crippen LogP contribution in [-0.2, 0) is 20.9 Å². The van der Waals surface area contributed by atoms with E-state index in [9.17, 15) is 14.4 Å². The zero-order valence-electron chi connectivity index (χ0n) is 26.9. The van der Waals surface area contributed by atoms with E-state index >= 15 is 0 Å². The van der Waals surface area contributed by atoms with Crippen molar-refractivity contribution in [1.29, 1.82) is 0 Å². The molecule has 240 valence electrons. The molecule has 2 unspecified atom stereocenters. The first-order valence-corrected chi connectivity index (χ1v) is 16.0. The first-order chi connectivity index (χ1) is 22.3. The fraction of sp³-hybridized carbons (Fsp3) is 0.351. The predicted octanol–water partition coefficient (Wildman–Crippen LogP) is 5.75. The number of hydrogen-bond donors (Lipinski definition) is 2. The molecular formula is C37H43N5O4. The van der Waals surface area contributed by atoms with Gasteiger partial charge in [0.05, 0.1) is 18.7 Å². The van der Waals surface area contributed by atoms with Gasteiger partial charge in [0, 0.05) is 67.4 Å². The number of nitrogens with zero attached hydrogens (tertiary/aromatic N) is 3. The largest absolute Gasteiger partial charge is 0.469 e. The Morgan fingerprint density at radius 2 is 1.70 bits per heavy atom. The van der Waals surface area contributed by atoms with E-state index < -0.39 is 0 Å². The molecular weight excluding hydrogens is 578 g/mol. The lowest BCUT2D eigenvalue weighted by Gasteiger charge is -2.22. The highest BCUT2D eigenvalue weighted by atomic mass is 16.5. The monoisotopic (exact) mass is 621 g/mol. The Bertz CT molecular complexity index is 1610. The number of hydrogen-bond acceptors (Lipinski definition) is 7. The molecule has 3 aromatic carbocycles. The number of carbonyl (C=O) groups is 3. The Balaban J connectivity index is 1.28. The Kier molecular flexibility index (Phi) is 10.6. The molecule has 9 heteroatoms. The fourth-order valence-corrected chi connectivity index (χ4v) is 6.33. The van der Waals surface area contributed by atoms with E-state index in [2.05, 4.69) is 41.2 Å². The maximum absolute atomic E-state index is 13.3. The Morgan fingerprint density at radius 1 is 0.978 bits per heavy atom. The summed E-state index contributed by atoms with van der Waals surface area (Å²) in [6, 6.07) is 23.1. The number of methoxy groups -OCH3 is 1.